The largest absolute Gasteiger partial charge is 0.497 e. The van der Waals surface area contributed by atoms with E-state index >= 15 is 0 Å². The lowest BCUT2D eigenvalue weighted by atomic mass is 9.97. The molecular weight excluding hydrogens is 477 g/mol. The zero-order chi connectivity index (χ0) is 26.6. The summed E-state index contributed by atoms with van der Waals surface area (Å²) in [5, 5.41) is 12.6. The van der Waals surface area contributed by atoms with Crippen LogP contribution in [0.1, 0.15) is 28.5 Å². The van der Waals surface area contributed by atoms with Gasteiger partial charge in [-0.15, -0.1) is 0 Å². The molecule has 0 radical (unpaired) electrons. The van der Waals surface area contributed by atoms with E-state index in [0.717, 1.165) is 17.3 Å². The van der Waals surface area contributed by atoms with Gasteiger partial charge in [0.05, 0.1) is 38.6 Å². The SMILES string of the molecule is C=CC(=O)Nc1cc(N2CC(C)(F)C2)ccc1C(=O)Nc1cc(CCc2cc(OC)cc(OC)c2)[nH]n1. The van der Waals surface area contributed by atoms with Crippen LogP contribution in [0.5, 0.6) is 11.5 Å². The van der Waals surface area contributed by atoms with Crippen molar-refractivity contribution in [1.82, 2.24) is 10.2 Å². The molecule has 3 aromatic rings. The molecule has 3 N–H and O–H groups in total. The van der Waals surface area contributed by atoms with Crippen LogP contribution in [0.3, 0.4) is 0 Å². The summed E-state index contributed by atoms with van der Waals surface area (Å²) in [5.41, 5.74) is 1.87. The minimum atomic E-state index is -1.25. The van der Waals surface area contributed by atoms with E-state index in [2.05, 4.69) is 27.4 Å². The molecule has 2 heterocycles. The molecule has 4 rings (SSSR count). The fourth-order valence-electron chi connectivity index (χ4n) is 4.17. The Bertz CT molecular complexity index is 1290. The predicted octanol–water partition coefficient (Wildman–Crippen LogP) is 4.14. The van der Waals surface area contributed by atoms with Crippen molar-refractivity contribution in [2.45, 2.75) is 25.4 Å². The summed E-state index contributed by atoms with van der Waals surface area (Å²) in [6, 6.07) is 12.4. The highest BCUT2D eigenvalue weighted by Crippen LogP contribution is 2.33. The number of hydrogen-bond acceptors (Lipinski definition) is 6. The molecule has 0 saturated carbocycles. The van der Waals surface area contributed by atoms with E-state index in [0.29, 0.717) is 41.5 Å². The lowest BCUT2D eigenvalue weighted by Gasteiger charge is -2.44. The molecule has 2 amide bonds. The van der Waals surface area contributed by atoms with Gasteiger partial charge in [-0.25, -0.2) is 4.39 Å². The minimum absolute atomic E-state index is 0.242. The molecule has 1 aliphatic rings. The van der Waals surface area contributed by atoms with Crippen molar-refractivity contribution in [2.24, 2.45) is 0 Å². The Balaban J connectivity index is 1.44. The number of alkyl halides is 1. The van der Waals surface area contributed by atoms with E-state index in [1.165, 1.54) is 6.92 Å². The van der Waals surface area contributed by atoms with Gasteiger partial charge in [0, 0.05) is 23.5 Å². The van der Waals surface area contributed by atoms with Gasteiger partial charge in [0.2, 0.25) is 5.91 Å². The van der Waals surface area contributed by atoms with Crippen LogP contribution >= 0.6 is 0 Å². The first-order valence-electron chi connectivity index (χ1n) is 11.8. The molecule has 0 spiro atoms. The Morgan fingerprint density at radius 3 is 2.43 bits per heavy atom. The number of carbonyl (C=O) groups is 2. The first-order valence-corrected chi connectivity index (χ1v) is 11.8. The van der Waals surface area contributed by atoms with Crippen LogP contribution in [0.2, 0.25) is 0 Å². The Labute approximate surface area is 214 Å². The summed E-state index contributed by atoms with van der Waals surface area (Å²) in [6.07, 6.45) is 2.48. The number of aromatic amines is 1. The van der Waals surface area contributed by atoms with Gasteiger partial charge in [0.1, 0.15) is 17.2 Å². The maximum Gasteiger partial charge on any atom is 0.258 e. The first kappa shape index (κ1) is 25.7. The van der Waals surface area contributed by atoms with E-state index < -0.39 is 17.5 Å². The molecule has 10 heteroatoms. The second kappa shape index (κ2) is 10.7. The van der Waals surface area contributed by atoms with Crippen LogP contribution in [-0.4, -0.2) is 55.0 Å². The number of nitrogens with zero attached hydrogens (tertiary/aromatic N) is 2. The molecule has 1 aromatic heterocycles. The fourth-order valence-corrected chi connectivity index (χ4v) is 4.17. The summed E-state index contributed by atoms with van der Waals surface area (Å²) in [6.45, 7) is 5.49. The average molecular weight is 508 g/mol. The molecular formula is C27H30FN5O4. The Hall–Kier alpha value is -4.34. The van der Waals surface area contributed by atoms with Gasteiger partial charge in [-0.2, -0.15) is 5.10 Å². The Morgan fingerprint density at radius 2 is 1.81 bits per heavy atom. The third kappa shape index (κ3) is 6.27. The Kier molecular flexibility index (Phi) is 7.47. The smallest absolute Gasteiger partial charge is 0.258 e. The molecule has 37 heavy (non-hydrogen) atoms. The molecule has 1 aliphatic heterocycles. The highest BCUT2D eigenvalue weighted by molar-refractivity contribution is 6.11. The van der Waals surface area contributed by atoms with Crippen molar-refractivity contribution in [3.63, 3.8) is 0 Å². The molecule has 0 bridgehead atoms. The topological polar surface area (TPSA) is 109 Å². The number of anilines is 3. The molecule has 1 fully saturated rings. The van der Waals surface area contributed by atoms with Crippen molar-refractivity contribution < 1.29 is 23.5 Å². The van der Waals surface area contributed by atoms with Crippen LogP contribution in [-0.2, 0) is 17.6 Å². The number of benzene rings is 2. The number of halogens is 1. The fraction of sp³-hybridized carbons (Fsp3) is 0.296. The molecule has 194 valence electrons. The minimum Gasteiger partial charge on any atom is -0.497 e. The third-order valence-electron chi connectivity index (χ3n) is 6.06. The highest BCUT2D eigenvalue weighted by Gasteiger charge is 2.39. The third-order valence-corrected chi connectivity index (χ3v) is 6.06. The summed E-state index contributed by atoms with van der Waals surface area (Å²) in [4.78, 5) is 26.9. The average Bonchev–Trinajstić information content (AvgIpc) is 3.32. The second-order valence-corrected chi connectivity index (χ2v) is 9.15. The molecule has 0 unspecified atom stereocenters. The molecule has 9 nitrogen and oxygen atoms in total. The molecule has 0 aliphatic carbocycles. The molecule has 0 atom stereocenters. The van der Waals surface area contributed by atoms with Crippen LogP contribution in [0.25, 0.3) is 0 Å². The van der Waals surface area contributed by atoms with E-state index in [-0.39, 0.29) is 18.7 Å². The number of amides is 2. The summed E-state index contributed by atoms with van der Waals surface area (Å²) >= 11 is 0. The van der Waals surface area contributed by atoms with Crippen LogP contribution in [0.4, 0.5) is 21.6 Å². The number of aromatic nitrogens is 2. The van der Waals surface area contributed by atoms with E-state index in [1.54, 1.807) is 38.5 Å². The van der Waals surface area contributed by atoms with Crippen LogP contribution in [0.15, 0.2) is 55.1 Å². The predicted molar refractivity (Wildman–Crippen MR) is 140 cm³/mol. The van der Waals surface area contributed by atoms with Crippen molar-refractivity contribution in [3.05, 3.63) is 71.9 Å². The van der Waals surface area contributed by atoms with Gasteiger partial charge in [-0.05, 0) is 61.7 Å². The maximum absolute atomic E-state index is 14.0. The number of H-pyrrole nitrogens is 1. The molecule has 1 saturated heterocycles. The quantitative estimate of drug-likeness (QED) is 0.356. The lowest BCUT2D eigenvalue weighted by Crippen LogP contribution is -2.57. The van der Waals surface area contributed by atoms with Crippen molar-refractivity contribution in [1.29, 1.82) is 0 Å². The number of aryl methyl sites for hydroxylation is 2. The second-order valence-electron chi connectivity index (χ2n) is 9.15. The number of carbonyl (C=O) groups excluding carboxylic acids is 2. The van der Waals surface area contributed by atoms with Gasteiger partial charge < -0.3 is 25.0 Å². The number of hydrogen-bond donors (Lipinski definition) is 3. The van der Waals surface area contributed by atoms with Gasteiger partial charge >= 0.3 is 0 Å². The first-order chi connectivity index (χ1) is 17.7. The van der Waals surface area contributed by atoms with Gasteiger partial charge in [0.25, 0.3) is 5.91 Å². The summed E-state index contributed by atoms with van der Waals surface area (Å²) in [5.74, 6) is 0.876. The maximum atomic E-state index is 14.0. The van der Waals surface area contributed by atoms with Gasteiger partial charge in [0.15, 0.2) is 5.82 Å². The Morgan fingerprint density at radius 1 is 1.11 bits per heavy atom. The number of rotatable bonds is 10. The number of ether oxygens (including phenoxy) is 2. The number of methoxy groups -OCH3 is 2. The monoisotopic (exact) mass is 507 g/mol. The van der Waals surface area contributed by atoms with Gasteiger partial charge in [-0.1, -0.05) is 6.58 Å². The van der Waals surface area contributed by atoms with Crippen molar-refractivity contribution in [3.8, 4) is 11.5 Å². The van der Waals surface area contributed by atoms with E-state index in [4.69, 9.17) is 9.47 Å². The van der Waals surface area contributed by atoms with Crippen LogP contribution < -0.4 is 25.0 Å². The van der Waals surface area contributed by atoms with Gasteiger partial charge in [-0.3, -0.25) is 14.7 Å². The zero-order valence-electron chi connectivity index (χ0n) is 21.1. The normalized spacial score (nSPS) is 13.9. The van der Waals surface area contributed by atoms with Crippen molar-refractivity contribution >= 4 is 29.0 Å². The van der Waals surface area contributed by atoms with Crippen molar-refractivity contribution in [2.75, 3.05) is 42.8 Å². The van der Waals surface area contributed by atoms with E-state index in [9.17, 15) is 14.0 Å². The lowest BCUT2D eigenvalue weighted by molar-refractivity contribution is -0.111. The number of nitrogens with one attached hydrogen (secondary N) is 3. The highest BCUT2D eigenvalue weighted by atomic mass is 19.1. The molecule has 2 aromatic carbocycles. The van der Waals surface area contributed by atoms with Crippen LogP contribution in [0, 0.1) is 0 Å². The van der Waals surface area contributed by atoms with E-state index in [1.807, 2.05) is 23.1 Å². The summed E-state index contributed by atoms with van der Waals surface area (Å²) < 4.78 is 24.6. The summed E-state index contributed by atoms with van der Waals surface area (Å²) in [7, 11) is 3.21. The standard InChI is InChI=1S/C27H30FN5O4/c1-5-25(34)29-23-13-19(33-15-27(2,28)16-33)8-9-22(23)26(35)30-24-12-18(31-32-24)7-6-17-10-20(36-3)14-21(11-17)37-4/h5,8-14H,1,6-7,15-16H2,2-4H3,(H,29,34)(H2,30,31,32,35). The zero-order valence-corrected chi connectivity index (χ0v) is 21.1.